The van der Waals surface area contributed by atoms with E-state index in [1.807, 2.05) is 0 Å². The Balaban J connectivity index is 2.77. The number of amides is 2. The van der Waals surface area contributed by atoms with Gasteiger partial charge in [-0.05, 0) is 11.6 Å². The minimum Gasteiger partial charge on any atom is -0.365 e. The van der Waals surface area contributed by atoms with Crippen LogP contribution >= 0.6 is 0 Å². The zero-order valence-electron chi connectivity index (χ0n) is 9.51. The van der Waals surface area contributed by atoms with Gasteiger partial charge in [-0.25, -0.2) is 10.9 Å². The zero-order valence-corrected chi connectivity index (χ0v) is 9.51. The summed E-state index contributed by atoms with van der Waals surface area (Å²) in [5.41, 5.74) is 7.04. The average molecular weight is 244 g/mol. The summed E-state index contributed by atoms with van der Waals surface area (Å²) in [6.45, 7) is 3.66. The number of carbonyl (C=O) groups is 2. The van der Waals surface area contributed by atoms with Gasteiger partial charge in [0.1, 0.15) is 5.82 Å². The smallest absolute Gasteiger partial charge is 0.253 e. The number of fused-ring (bicyclic) bond motifs is 1. The van der Waals surface area contributed by atoms with E-state index in [4.69, 9.17) is 11.6 Å². The molecule has 0 spiro atoms. The van der Waals surface area contributed by atoms with Gasteiger partial charge in [0.05, 0.1) is 5.56 Å². The van der Waals surface area contributed by atoms with Crippen molar-refractivity contribution in [1.29, 1.82) is 0 Å². The van der Waals surface area contributed by atoms with E-state index in [1.54, 1.807) is 24.3 Å². The average Bonchev–Trinajstić information content (AvgIpc) is 2.75. The molecule has 0 fully saturated rings. The third-order valence-electron chi connectivity index (χ3n) is 2.66. The Bertz CT molecular complexity index is 645. The second-order valence-electron chi connectivity index (χ2n) is 3.73. The molecule has 2 aromatic rings. The van der Waals surface area contributed by atoms with Gasteiger partial charge in [0, 0.05) is 10.9 Å². The standard InChI is InChI=1S/C12H12N4O2/c1-2-7-3-4-8-9(5-7)15-12(16(14)6-17)10(8)11(13)18/h2-6,15H,1,14H2,(H2,13,18). The van der Waals surface area contributed by atoms with Crippen molar-refractivity contribution in [3.63, 3.8) is 0 Å². The highest BCUT2D eigenvalue weighted by Crippen LogP contribution is 2.28. The topological polar surface area (TPSA) is 105 Å². The number of H-pyrrole nitrogens is 1. The van der Waals surface area contributed by atoms with E-state index in [0.29, 0.717) is 17.3 Å². The Labute approximate surface area is 103 Å². The monoisotopic (exact) mass is 244 g/mol. The Morgan fingerprint density at radius 3 is 2.72 bits per heavy atom. The number of hydrogen-bond donors (Lipinski definition) is 3. The van der Waals surface area contributed by atoms with Gasteiger partial charge in [-0.2, -0.15) is 0 Å². The highest BCUT2D eigenvalue weighted by molar-refractivity contribution is 6.12. The molecule has 6 heteroatoms. The Kier molecular flexibility index (Phi) is 2.86. The number of rotatable bonds is 4. The Morgan fingerprint density at radius 2 is 2.17 bits per heavy atom. The first-order chi connectivity index (χ1) is 8.58. The Morgan fingerprint density at radius 1 is 1.44 bits per heavy atom. The molecule has 0 saturated heterocycles. The van der Waals surface area contributed by atoms with Crippen molar-refractivity contribution in [2.24, 2.45) is 11.6 Å². The summed E-state index contributed by atoms with van der Waals surface area (Å²) in [6.07, 6.45) is 2.06. The summed E-state index contributed by atoms with van der Waals surface area (Å²) in [4.78, 5) is 25.0. The second-order valence-corrected chi connectivity index (χ2v) is 3.73. The molecular formula is C12H12N4O2. The predicted octanol–water partition coefficient (Wildman–Crippen LogP) is 0.746. The van der Waals surface area contributed by atoms with Crippen LogP contribution in [0.25, 0.3) is 17.0 Å². The molecule has 0 bridgehead atoms. The number of carbonyl (C=O) groups excluding carboxylic acids is 2. The summed E-state index contributed by atoms with van der Waals surface area (Å²) in [7, 11) is 0. The molecule has 0 atom stereocenters. The lowest BCUT2D eigenvalue weighted by Crippen LogP contribution is -2.31. The lowest BCUT2D eigenvalue weighted by molar-refractivity contribution is -0.107. The molecule has 0 aliphatic rings. The third kappa shape index (κ3) is 1.74. The molecule has 6 nitrogen and oxygen atoms in total. The fourth-order valence-electron chi connectivity index (χ4n) is 1.82. The number of aromatic nitrogens is 1. The summed E-state index contributed by atoms with van der Waals surface area (Å²) in [6, 6.07) is 5.31. The van der Waals surface area contributed by atoms with Crippen molar-refractivity contribution in [3.05, 3.63) is 35.9 Å². The summed E-state index contributed by atoms with van der Waals surface area (Å²) < 4.78 is 0. The second kappa shape index (κ2) is 4.34. The number of nitrogens with one attached hydrogen (secondary N) is 1. The van der Waals surface area contributed by atoms with E-state index < -0.39 is 5.91 Å². The molecule has 92 valence electrons. The first-order valence-electron chi connectivity index (χ1n) is 5.15. The fourth-order valence-corrected chi connectivity index (χ4v) is 1.82. The summed E-state index contributed by atoms with van der Waals surface area (Å²) in [5.74, 6) is 5.00. The molecule has 0 radical (unpaired) electrons. The van der Waals surface area contributed by atoms with E-state index in [0.717, 1.165) is 10.6 Å². The van der Waals surface area contributed by atoms with Crippen LogP contribution in [0, 0.1) is 0 Å². The molecule has 0 aliphatic carbocycles. The molecule has 2 rings (SSSR count). The largest absolute Gasteiger partial charge is 0.365 e. The Hall–Kier alpha value is -2.60. The SMILES string of the molecule is C=Cc1ccc2c(C(N)=O)c(N(N)C=O)[nH]c2c1. The lowest BCUT2D eigenvalue weighted by atomic mass is 10.1. The van der Waals surface area contributed by atoms with Gasteiger partial charge in [-0.3, -0.25) is 9.59 Å². The molecule has 1 aromatic carbocycles. The maximum Gasteiger partial charge on any atom is 0.253 e. The van der Waals surface area contributed by atoms with Crippen molar-refractivity contribution in [1.82, 2.24) is 4.98 Å². The van der Waals surface area contributed by atoms with Crippen LogP contribution in [-0.4, -0.2) is 17.3 Å². The number of hydrogen-bond acceptors (Lipinski definition) is 3. The van der Waals surface area contributed by atoms with Crippen molar-refractivity contribution in [3.8, 4) is 0 Å². The quantitative estimate of drug-likeness (QED) is 0.320. The fraction of sp³-hybridized carbons (Fsp3) is 0. The summed E-state index contributed by atoms with van der Waals surface area (Å²) in [5, 5.41) is 1.40. The predicted molar refractivity (Wildman–Crippen MR) is 69.6 cm³/mol. The molecule has 18 heavy (non-hydrogen) atoms. The van der Waals surface area contributed by atoms with Crippen molar-refractivity contribution >= 4 is 35.1 Å². The van der Waals surface area contributed by atoms with Crippen LogP contribution < -0.4 is 16.6 Å². The lowest BCUT2D eigenvalue weighted by Gasteiger charge is -2.08. The van der Waals surface area contributed by atoms with Gasteiger partial charge < -0.3 is 10.7 Å². The van der Waals surface area contributed by atoms with Gasteiger partial charge in [0.25, 0.3) is 5.91 Å². The van der Waals surface area contributed by atoms with Gasteiger partial charge >= 0.3 is 0 Å². The first-order valence-corrected chi connectivity index (χ1v) is 5.15. The molecule has 0 unspecified atom stereocenters. The highest BCUT2D eigenvalue weighted by atomic mass is 16.1. The number of aromatic amines is 1. The van der Waals surface area contributed by atoms with Crippen molar-refractivity contribution in [2.45, 2.75) is 0 Å². The van der Waals surface area contributed by atoms with Crippen LogP contribution in [-0.2, 0) is 4.79 Å². The van der Waals surface area contributed by atoms with E-state index in [1.165, 1.54) is 0 Å². The molecule has 0 aliphatic heterocycles. The number of primary amides is 1. The number of hydrazine groups is 1. The third-order valence-corrected chi connectivity index (χ3v) is 2.66. The van der Waals surface area contributed by atoms with Crippen LogP contribution in [0.4, 0.5) is 5.82 Å². The zero-order chi connectivity index (χ0) is 13.3. The van der Waals surface area contributed by atoms with Crippen LogP contribution in [0.5, 0.6) is 0 Å². The normalized spacial score (nSPS) is 10.3. The molecular weight excluding hydrogens is 232 g/mol. The molecule has 1 heterocycles. The molecule has 2 amide bonds. The molecule has 5 N–H and O–H groups in total. The minimum absolute atomic E-state index is 0.175. The van der Waals surface area contributed by atoms with E-state index in [2.05, 4.69) is 11.6 Å². The van der Waals surface area contributed by atoms with Gasteiger partial charge in [-0.1, -0.05) is 24.8 Å². The molecule has 0 saturated carbocycles. The first kappa shape index (κ1) is 11.9. The highest BCUT2D eigenvalue weighted by Gasteiger charge is 2.19. The summed E-state index contributed by atoms with van der Waals surface area (Å²) >= 11 is 0. The van der Waals surface area contributed by atoms with E-state index in [-0.39, 0.29) is 11.4 Å². The van der Waals surface area contributed by atoms with E-state index in [9.17, 15) is 9.59 Å². The number of benzene rings is 1. The van der Waals surface area contributed by atoms with E-state index >= 15 is 0 Å². The van der Waals surface area contributed by atoms with Gasteiger partial charge in [0.15, 0.2) is 0 Å². The van der Waals surface area contributed by atoms with Crippen LogP contribution in [0.2, 0.25) is 0 Å². The molecule has 1 aromatic heterocycles. The van der Waals surface area contributed by atoms with Gasteiger partial charge in [0.2, 0.25) is 6.41 Å². The number of anilines is 1. The maximum atomic E-state index is 11.5. The van der Waals surface area contributed by atoms with Crippen LogP contribution in [0.1, 0.15) is 15.9 Å². The van der Waals surface area contributed by atoms with Crippen LogP contribution in [0.3, 0.4) is 0 Å². The maximum absolute atomic E-state index is 11.5. The van der Waals surface area contributed by atoms with Crippen LogP contribution in [0.15, 0.2) is 24.8 Å². The number of nitrogens with two attached hydrogens (primary N) is 2. The van der Waals surface area contributed by atoms with Crippen molar-refractivity contribution < 1.29 is 9.59 Å². The van der Waals surface area contributed by atoms with Crippen molar-refractivity contribution in [2.75, 3.05) is 5.01 Å². The minimum atomic E-state index is -0.653. The van der Waals surface area contributed by atoms with Gasteiger partial charge in [-0.15, -0.1) is 0 Å². The number of nitrogens with zero attached hydrogens (tertiary/aromatic N) is 1.